The Bertz CT molecular complexity index is 269. The SMILES string of the molecule is CCCC1CC2C1C13CC1C23C. The molecule has 4 rings (SSSR count). The molecule has 0 heteroatoms. The van der Waals surface area contributed by atoms with Crippen molar-refractivity contribution in [3.63, 3.8) is 0 Å². The van der Waals surface area contributed by atoms with Crippen LogP contribution in [0.25, 0.3) is 0 Å². The van der Waals surface area contributed by atoms with Gasteiger partial charge in [-0.15, -0.1) is 0 Å². The Labute approximate surface area is 74.7 Å². The molecule has 0 nitrogen and oxygen atoms in total. The first-order valence-corrected chi connectivity index (χ1v) is 5.77. The van der Waals surface area contributed by atoms with Crippen LogP contribution >= 0.6 is 0 Å². The molecule has 1 spiro atoms. The fourth-order valence-electron chi connectivity index (χ4n) is 5.48. The van der Waals surface area contributed by atoms with Crippen LogP contribution in [-0.2, 0) is 0 Å². The van der Waals surface area contributed by atoms with Gasteiger partial charge in [-0.1, -0.05) is 26.7 Å². The van der Waals surface area contributed by atoms with Crippen molar-refractivity contribution in [2.45, 2.75) is 39.5 Å². The van der Waals surface area contributed by atoms with E-state index in [0.717, 1.165) is 10.8 Å². The molecule has 0 heterocycles. The van der Waals surface area contributed by atoms with Crippen molar-refractivity contribution in [2.75, 3.05) is 0 Å². The van der Waals surface area contributed by atoms with Gasteiger partial charge in [0, 0.05) is 0 Å². The van der Waals surface area contributed by atoms with Crippen molar-refractivity contribution >= 4 is 0 Å². The van der Waals surface area contributed by atoms with Crippen LogP contribution in [0.3, 0.4) is 0 Å². The van der Waals surface area contributed by atoms with Crippen LogP contribution in [-0.4, -0.2) is 0 Å². The van der Waals surface area contributed by atoms with E-state index >= 15 is 0 Å². The van der Waals surface area contributed by atoms with Crippen molar-refractivity contribution in [2.24, 2.45) is 34.5 Å². The Balaban J connectivity index is 1.59. The Morgan fingerprint density at radius 2 is 2.25 bits per heavy atom. The number of hydrogen-bond acceptors (Lipinski definition) is 0. The summed E-state index contributed by atoms with van der Waals surface area (Å²) in [6.45, 7) is 4.92. The molecule has 6 atom stereocenters. The first kappa shape index (κ1) is 6.45. The third-order valence-electron chi connectivity index (χ3n) is 6.17. The summed E-state index contributed by atoms with van der Waals surface area (Å²) in [5.41, 5.74) is 1.90. The topological polar surface area (TPSA) is 0 Å². The van der Waals surface area contributed by atoms with E-state index in [-0.39, 0.29) is 0 Å². The van der Waals surface area contributed by atoms with Crippen molar-refractivity contribution in [1.29, 1.82) is 0 Å². The van der Waals surface area contributed by atoms with E-state index < -0.39 is 0 Å². The first-order chi connectivity index (χ1) is 5.77. The maximum atomic E-state index is 2.57. The minimum Gasteiger partial charge on any atom is -0.0654 e. The van der Waals surface area contributed by atoms with Gasteiger partial charge in [0.05, 0.1) is 0 Å². The predicted octanol–water partition coefficient (Wildman–Crippen LogP) is 3.08. The Morgan fingerprint density at radius 3 is 2.83 bits per heavy atom. The summed E-state index contributed by atoms with van der Waals surface area (Å²) >= 11 is 0. The Hall–Kier alpha value is 0. The number of fused-ring (bicyclic) bond motifs is 3. The van der Waals surface area contributed by atoms with Crippen molar-refractivity contribution < 1.29 is 0 Å². The molecule has 0 radical (unpaired) electrons. The average Bonchev–Trinajstić information content (AvgIpc) is 2.83. The predicted molar refractivity (Wildman–Crippen MR) is 48.6 cm³/mol. The quantitative estimate of drug-likeness (QED) is 0.585. The Kier molecular flexibility index (Phi) is 0.755. The second-order valence-electron chi connectivity index (χ2n) is 6.00. The highest BCUT2D eigenvalue weighted by molar-refractivity contribution is 5.47. The molecule has 0 saturated heterocycles. The van der Waals surface area contributed by atoms with E-state index in [1.165, 1.54) is 36.5 Å². The minimum absolute atomic E-state index is 0.919. The summed E-state index contributed by atoms with van der Waals surface area (Å²) in [5, 5.41) is 0. The van der Waals surface area contributed by atoms with E-state index in [1.807, 2.05) is 0 Å². The van der Waals surface area contributed by atoms with E-state index in [4.69, 9.17) is 0 Å². The maximum Gasteiger partial charge on any atom is -0.0167 e. The van der Waals surface area contributed by atoms with Gasteiger partial charge < -0.3 is 0 Å². The summed E-state index contributed by atoms with van der Waals surface area (Å²) in [5.74, 6) is 4.82. The third-order valence-corrected chi connectivity index (χ3v) is 6.17. The van der Waals surface area contributed by atoms with E-state index in [9.17, 15) is 0 Å². The van der Waals surface area contributed by atoms with Gasteiger partial charge in [-0.2, -0.15) is 0 Å². The average molecular weight is 162 g/mol. The lowest BCUT2D eigenvalue weighted by molar-refractivity contribution is -0.150. The largest absolute Gasteiger partial charge is 0.0654 e. The standard InChI is InChI=1S/C12H18/c1-3-4-7-5-8-10(7)12-6-9(12)11(8,12)2/h7-10H,3-6H2,1-2H3. The molecule has 6 unspecified atom stereocenters. The number of hydrogen-bond donors (Lipinski definition) is 0. The van der Waals surface area contributed by atoms with Crippen molar-refractivity contribution in [3.8, 4) is 0 Å². The van der Waals surface area contributed by atoms with E-state index in [1.54, 1.807) is 12.8 Å². The highest BCUT2D eigenvalue weighted by Crippen LogP contribution is 3.05. The Morgan fingerprint density at radius 1 is 1.42 bits per heavy atom. The molecule has 0 aliphatic heterocycles. The molecule has 4 aliphatic rings. The summed E-state index contributed by atoms with van der Waals surface area (Å²) in [6.07, 6.45) is 6.19. The lowest BCUT2D eigenvalue weighted by Gasteiger charge is -2.63. The molecular weight excluding hydrogens is 144 g/mol. The second-order valence-corrected chi connectivity index (χ2v) is 6.00. The molecule has 0 aromatic heterocycles. The zero-order valence-corrected chi connectivity index (χ0v) is 8.14. The highest BCUT2D eigenvalue weighted by atomic mass is 15.0. The summed E-state index contributed by atoms with van der Waals surface area (Å²) in [6, 6.07) is 0. The molecule has 4 saturated carbocycles. The van der Waals surface area contributed by atoms with Crippen molar-refractivity contribution in [1.82, 2.24) is 0 Å². The molecule has 4 aliphatic carbocycles. The van der Waals surface area contributed by atoms with Gasteiger partial charge >= 0.3 is 0 Å². The smallest absolute Gasteiger partial charge is 0.0167 e. The number of rotatable bonds is 2. The lowest BCUT2D eigenvalue weighted by Crippen LogP contribution is -2.57. The third kappa shape index (κ3) is 0.337. The van der Waals surface area contributed by atoms with E-state index in [2.05, 4.69) is 13.8 Å². The molecule has 66 valence electrons. The van der Waals surface area contributed by atoms with Crippen molar-refractivity contribution in [3.05, 3.63) is 0 Å². The van der Waals surface area contributed by atoms with Crippen LogP contribution < -0.4 is 0 Å². The van der Waals surface area contributed by atoms with Gasteiger partial charge in [0.1, 0.15) is 0 Å². The van der Waals surface area contributed by atoms with Gasteiger partial charge in [0.25, 0.3) is 0 Å². The van der Waals surface area contributed by atoms with Crippen LogP contribution in [0.2, 0.25) is 0 Å². The fraction of sp³-hybridized carbons (Fsp3) is 1.00. The van der Waals surface area contributed by atoms with Gasteiger partial charge in [0.15, 0.2) is 0 Å². The molecule has 0 N–H and O–H groups in total. The summed E-state index contributed by atoms with van der Waals surface area (Å²) in [7, 11) is 0. The molecular formula is C12H18. The monoisotopic (exact) mass is 162 g/mol. The van der Waals surface area contributed by atoms with Crippen LogP contribution in [0.5, 0.6) is 0 Å². The molecule has 0 amide bonds. The molecule has 0 aromatic rings. The maximum absolute atomic E-state index is 2.57. The molecule has 4 fully saturated rings. The van der Waals surface area contributed by atoms with Crippen LogP contribution in [0, 0.1) is 34.5 Å². The molecule has 0 aromatic carbocycles. The summed E-state index contributed by atoms with van der Waals surface area (Å²) in [4.78, 5) is 0. The van der Waals surface area contributed by atoms with Crippen LogP contribution in [0.15, 0.2) is 0 Å². The fourth-order valence-corrected chi connectivity index (χ4v) is 5.48. The highest BCUT2D eigenvalue weighted by Gasteiger charge is 3.00. The zero-order chi connectivity index (χ0) is 8.14. The van der Waals surface area contributed by atoms with Crippen LogP contribution in [0.4, 0.5) is 0 Å². The lowest BCUT2D eigenvalue weighted by atomic mass is 9.42. The molecule has 12 heavy (non-hydrogen) atoms. The van der Waals surface area contributed by atoms with Gasteiger partial charge in [-0.3, -0.25) is 0 Å². The zero-order valence-electron chi connectivity index (χ0n) is 8.14. The van der Waals surface area contributed by atoms with Crippen LogP contribution in [0.1, 0.15) is 39.5 Å². The minimum atomic E-state index is 0.919. The summed E-state index contributed by atoms with van der Waals surface area (Å²) < 4.78 is 0. The van der Waals surface area contributed by atoms with E-state index in [0.29, 0.717) is 0 Å². The molecule has 0 bridgehead atoms. The second kappa shape index (κ2) is 1.40. The van der Waals surface area contributed by atoms with Gasteiger partial charge in [0.2, 0.25) is 0 Å². The normalized spacial score (nSPS) is 74.5. The first-order valence-electron chi connectivity index (χ1n) is 5.77. The van der Waals surface area contributed by atoms with Gasteiger partial charge in [-0.05, 0) is 47.3 Å². The van der Waals surface area contributed by atoms with Gasteiger partial charge in [-0.25, -0.2) is 0 Å².